The Morgan fingerprint density at radius 2 is 2.00 bits per heavy atom. The summed E-state index contributed by atoms with van der Waals surface area (Å²) in [6, 6.07) is -0.0312. The molecule has 3 aliphatic heterocycles. The highest BCUT2D eigenvalue weighted by Gasteiger charge is 2.63. The molecule has 0 aliphatic carbocycles. The number of ether oxygens (including phenoxy) is 1. The van der Waals surface area contributed by atoms with E-state index in [-0.39, 0.29) is 36.9 Å². The van der Waals surface area contributed by atoms with Gasteiger partial charge in [-0.1, -0.05) is 5.16 Å². The highest BCUT2D eigenvalue weighted by Crippen LogP contribution is 2.49. The number of hydrogen-bond acceptors (Lipinski definition) is 9. The molecule has 2 fully saturated rings. The molecule has 0 unspecified atom stereocenters. The van der Waals surface area contributed by atoms with Crippen LogP contribution < -0.4 is 15.5 Å². The molecule has 3 atom stereocenters. The zero-order chi connectivity index (χ0) is 23.8. The minimum atomic E-state index is -1.69. The Morgan fingerprint density at radius 1 is 1.24 bits per heavy atom. The van der Waals surface area contributed by atoms with E-state index in [9.17, 15) is 14.4 Å². The summed E-state index contributed by atoms with van der Waals surface area (Å²) in [4.78, 5) is 43.9. The second kappa shape index (κ2) is 7.06. The van der Waals surface area contributed by atoms with Gasteiger partial charge in [-0.3, -0.25) is 20.2 Å². The first-order valence-electron chi connectivity index (χ1n) is 10.8. The number of rotatable bonds is 2. The van der Waals surface area contributed by atoms with E-state index in [0.717, 1.165) is 0 Å². The van der Waals surface area contributed by atoms with Gasteiger partial charge in [0.05, 0.1) is 35.9 Å². The maximum Gasteiger partial charge on any atom is 0.328 e. The molecule has 176 valence electrons. The summed E-state index contributed by atoms with van der Waals surface area (Å²) in [7, 11) is 0. The molecule has 6 rings (SSSR count). The van der Waals surface area contributed by atoms with Gasteiger partial charge in [0.25, 0.3) is 0 Å². The number of nitrogens with zero attached hydrogens (tertiary/aromatic N) is 5. The van der Waals surface area contributed by atoms with Gasteiger partial charge in [-0.15, -0.1) is 0 Å². The normalized spacial score (nSPS) is 25.8. The number of morpholine rings is 1. The lowest BCUT2D eigenvalue weighted by atomic mass is 9.66. The third-order valence-electron chi connectivity index (χ3n) is 6.82. The van der Waals surface area contributed by atoms with Crippen molar-refractivity contribution in [1.29, 1.82) is 0 Å². The Hall–Kier alpha value is -3.87. The van der Waals surface area contributed by atoms with Gasteiger partial charge in [-0.05, 0) is 25.5 Å². The first-order chi connectivity index (χ1) is 16.3. The molecule has 2 saturated heterocycles. The van der Waals surface area contributed by atoms with Gasteiger partial charge >= 0.3 is 6.03 Å². The number of halogens is 1. The Kier molecular flexibility index (Phi) is 4.30. The average molecular weight is 469 g/mol. The molecular formula is C21H20FN7O5. The Morgan fingerprint density at radius 3 is 2.71 bits per heavy atom. The van der Waals surface area contributed by atoms with Crippen LogP contribution in [0.25, 0.3) is 11.0 Å². The van der Waals surface area contributed by atoms with Crippen molar-refractivity contribution in [2.45, 2.75) is 45.1 Å². The third kappa shape index (κ3) is 2.73. The van der Waals surface area contributed by atoms with Gasteiger partial charge in [-0.2, -0.15) is 5.10 Å². The van der Waals surface area contributed by atoms with E-state index < -0.39 is 41.2 Å². The summed E-state index contributed by atoms with van der Waals surface area (Å²) >= 11 is 0. The molecule has 3 aliphatic rings. The van der Waals surface area contributed by atoms with Crippen molar-refractivity contribution in [2.75, 3.05) is 11.4 Å². The van der Waals surface area contributed by atoms with Gasteiger partial charge in [-0.25, -0.2) is 18.9 Å². The second-order valence-electron chi connectivity index (χ2n) is 8.93. The molecule has 12 nitrogen and oxygen atoms in total. The van der Waals surface area contributed by atoms with Gasteiger partial charge in [0, 0.05) is 13.0 Å². The van der Waals surface area contributed by atoms with Crippen molar-refractivity contribution < 1.29 is 28.0 Å². The predicted octanol–water partition coefficient (Wildman–Crippen LogP) is 0.497. The molecule has 4 amide bonds. The number of benzene rings is 1. The van der Waals surface area contributed by atoms with Crippen LogP contribution in [0.5, 0.6) is 0 Å². The molecule has 3 aromatic rings. The van der Waals surface area contributed by atoms with Crippen LogP contribution in [0.4, 0.5) is 14.9 Å². The summed E-state index contributed by atoms with van der Waals surface area (Å²) in [6.07, 6.45) is 1.85. The number of fused-ring (bicyclic) bond motifs is 5. The van der Waals surface area contributed by atoms with Crippen molar-refractivity contribution in [3.63, 3.8) is 0 Å². The van der Waals surface area contributed by atoms with Gasteiger partial charge < -0.3 is 14.2 Å². The summed E-state index contributed by atoms with van der Waals surface area (Å²) in [6.45, 7) is 4.00. The minimum Gasteiger partial charge on any atom is -0.372 e. The van der Waals surface area contributed by atoms with Crippen LogP contribution in [-0.4, -0.2) is 62.6 Å². The highest BCUT2D eigenvalue weighted by molar-refractivity contribution is 6.20. The zero-order valence-electron chi connectivity index (χ0n) is 18.2. The van der Waals surface area contributed by atoms with Crippen molar-refractivity contribution in [2.24, 2.45) is 5.41 Å². The molecule has 34 heavy (non-hydrogen) atoms. The van der Waals surface area contributed by atoms with E-state index in [4.69, 9.17) is 9.26 Å². The molecular weight excluding hydrogens is 449 g/mol. The fourth-order valence-electron chi connectivity index (χ4n) is 5.58. The van der Waals surface area contributed by atoms with E-state index in [2.05, 4.69) is 25.9 Å². The number of carbonyl (C=O) groups is 3. The smallest absolute Gasteiger partial charge is 0.328 e. The van der Waals surface area contributed by atoms with E-state index in [1.54, 1.807) is 17.9 Å². The third-order valence-corrected chi connectivity index (χ3v) is 6.82. The number of urea groups is 1. The van der Waals surface area contributed by atoms with E-state index in [1.165, 1.54) is 17.3 Å². The number of imide groups is 2. The topological polar surface area (TPSA) is 144 Å². The predicted molar refractivity (Wildman–Crippen MR) is 112 cm³/mol. The largest absolute Gasteiger partial charge is 0.372 e. The van der Waals surface area contributed by atoms with Gasteiger partial charge in [0.15, 0.2) is 11.2 Å². The van der Waals surface area contributed by atoms with Crippen LogP contribution in [0.2, 0.25) is 0 Å². The van der Waals surface area contributed by atoms with E-state index in [1.807, 2.05) is 6.92 Å². The Bertz CT molecular complexity index is 1330. The van der Waals surface area contributed by atoms with Crippen LogP contribution in [0, 0.1) is 11.2 Å². The molecule has 1 spiro atoms. The number of carbonyl (C=O) groups excluding carboxylic acids is 3. The second-order valence-corrected chi connectivity index (χ2v) is 8.93. The molecule has 0 radical (unpaired) electrons. The summed E-state index contributed by atoms with van der Waals surface area (Å²) < 4.78 is 28.8. The maximum absolute atomic E-state index is 16.0. The van der Waals surface area contributed by atoms with E-state index >= 15 is 4.39 Å². The number of aromatic nitrogens is 4. The van der Waals surface area contributed by atoms with Crippen LogP contribution >= 0.6 is 0 Å². The lowest BCUT2D eigenvalue weighted by Gasteiger charge is -2.55. The summed E-state index contributed by atoms with van der Waals surface area (Å²) in [5.41, 5.74) is -0.613. The fourth-order valence-corrected chi connectivity index (χ4v) is 5.58. The van der Waals surface area contributed by atoms with Gasteiger partial charge in [0.1, 0.15) is 18.3 Å². The molecule has 0 saturated carbocycles. The molecule has 2 N–H and O–H groups in total. The highest BCUT2D eigenvalue weighted by atomic mass is 19.1. The van der Waals surface area contributed by atoms with Crippen LogP contribution in [0.1, 0.15) is 25.1 Å². The lowest BCUT2D eigenvalue weighted by molar-refractivity contribution is -0.153. The lowest BCUT2D eigenvalue weighted by Crippen LogP contribution is -2.75. The monoisotopic (exact) mass is 469 g/mol. The standard InChI is InChI=1S/C21H20FN7O5/c1-9-5-29-15-11(3-12-13(6-28-8-23-7-24-28)27-34-16(12)14(15)22)4-21(17(29)10(2)33-9)18(30)25-20(32)26-19(21)31/h3,7-10,17H,4-6H2,1-2H3,(H2,25,26,30,31,32)/t9-,10+,17-/m0/s1. The first-order valence-corrected chi connectivity index (χ1v) is 10.8. The number of hydrogen-bond donors (Lipinski definition) is 2. The van der Waals surface area contributed by atoms with Crippen LogP contribution in [0.3, 0.4) is 0 Å². The molecule has 13 heteroatoms. The quantitative estimate of drug-likeness (QED) is 0.513. The Balaban J connectivity index is 1.56. The van der Waals surface area contributed by atoms with Crippen molar-refractivity contribution in [3.05, 3.63) is 35.8 Å². The number of amides is 4. The first kappa shape index (κ1) is 20.7. The average Bonchev–Trinajstić information content (AvgIpc) is 3.42. The molecule has 1 aromatic carbocycles. The SMILES string of the molecule is C[C@H]1CN2c3c(cc4c(Cn5cncn5)noc4c3F)CC3(C(=O)NC(=O)NC3=O)[C@@H]2[C@@H](C)O1. The minimum absolute atomic E-state index is 0.0249. The van der Waals surface area contributed by atoms with Crippen molar-refractivity contribution in [3.8, 4) is 0 Å². The fraction of sp³-hybridized carbons (Fsp3) is 0.429. The zero-order valence-corrected chi connectivity index (χ0v) is 18.2. The molecule has 5 heterocycles. The van der Waals surface area contributed by atoms with Crippen molar-refractivity contribution in [1.82, 2.24) is 30.6 Å². The van der Waals surface area contributed by atoms with Crippen molar-refractivity contribution >= 4 is 34.5 Å². The summed E-state index contributed by atoms with van der Waals surface area (Å²) in [5, 5.41) is 12.9. The number of barbiturate groups is 1. The van der Waals surface area contributed by atoms with Crippen LogP contribution in [-0.2, 0) is 27.3 Å². The molecule has 2 aromatic heterocycles. The number of nitrogens with one attached hydrogen (secondary N) is 2. The van der Waals surface area contributed by atoms with Crippen LogP contribution in [0.15, 0.2) is 23.2 Å². The summed E-state index contributed by atoms with van der Waals surface area (Å²) in [5.74, 6) is -2.10. The van der Waals surface area contributed by atoms with Gasteiger partial charge in [0.2, 0.25) is 17.4 Å². The molecule has 0 bridgehead atoms. The maximum atomic E-state index is 16.0. The number of anilines is 1. The Labute approximate surface area is 191 Å². The van der Waals surface area contributed by atoms with E-state index in [0.29, 0.717) is 16.6 Å².